The highest BCUT2D eigenvalue weighted by Crippen LogP contribution is 2.21. The number of aromatic nitrogens is 4. The van der Waals surface area contributed by atoms with Crippen molar-refractivity contribution in [1.29, 1.82) is 0 Å². The number of imidazole rings is 1. The molecule has 3 rings (SSSR count). The van der Waals surface area contributed by atoms with Gasteiger partial charge in [0.25, 0.3) is 12.3 Å². The Labute approximate surface area is 189 Å². The third-order valence-electron chi connectivity index (χ3n) is 4.30. The van der Waals surface area contributed by atoms with Gasteiger partial charge in [-0.05, 0) is 17.7 Å². The van der Waals surface area contributed by atoms with Crippen LogP contribution in [0.15, 0.2) is 36.7 Å². The molecule has 0 aliphatic heterocycles. The molecule has 3 aromatic rings. The standard InChI is InChI=1S/C20H19F5N6O3/c21-15(22)11-34-18-3-1-2-14(30-18)19(33)27-9-13-10-31-16(29-13)6-12(8-28-31)7-26-17(32)4-5-20(23,24)25/h1-3,6,8,10,15H,4-5,7,9,11H2,(H,26,32)(H,27,33). The zero-order valence-electron chi connectivity index (χ0n) is 17.5. The first kappa shape index (κ1) is 24.8. The van der Waals surface area contributed by atoms with Crippen LogP contribution in [0.5, 0.6) is 5.88 Å². The molecular formula is C20H19F5N6O3. The van der Waals surface area contributed by atoms with Crippen LogP contribution in [0.25, 0.3) is 5.65 Å². The predicted octanol–water partition coefficient (Wildman–Crippen LogP) is 2.66. The Morgan fingerprint density at radius 1 is 1.12 bits per heavy atom. The Balaban J connectivity index is 1.54. The maximum Gasteiger partial charge on any atom is 0.389 e. The quantitative estimate of drug-likeness (QED) is 0.427. The number of hydrogen-bond acceptors (Lipinski definition) is 6. The van der Waals surface area contributed by atoms with E-state index in [-0.39, 0.29) is 24.7 Å². The third-order valence-corrected chi connectivity index (χ3v) is 4.30. The van der Waals surface area contributed by atoms with E-state index in [4.69, 9.17) is 4.74 Å². The number of nitrogens with zero attached hydrogens (tertiary/aromatic N) is 4. The van der Waals surface area contributed by atoms with E-state index in [1.54, 1.807) is 12.3 Å². The van der Waals surface area contributed by atoms with E-state index in [1.807, 2.05) is 0 Å². The number of fused-ring (bicyclic) bond motifs is 1. The number of carbonyl (C=O) groups excluding carboxylic acids is 2. The minimum absolute atomic E-state index is 0.00943. The summed E-state index contributed by atoms with van der Waals surface area (Å²) in [6.45, 7) is -0.851. The summed E-state index contributed by atoms with van der Waals surface area (Å²) < 4.78 is 67.3. The van der Waals surface area contributed by atoms with E-state index in [0.29, 0.717) is 16.9 Å². The number of halogens is 5. The number of amides is 2. The van der Waals surface area contributed by atoms with Gasteiger partial charge in [0.1, 0.15) is 5.69 Å². The van der Waals surface area contributed by atoms with Crippen LogP contribution in [0, 0.1) is 0 Å². The molecule has 0 radical (unpaired) electrons. The molecule has 2 N–H and O–H groups in total. The molecule has 0 saturated carbocycles. The lowest BCUT2D eigenvalue weighted by molar-refractivity contribution is -0.144. The molecule has 0 spiro atoms. The van der Waals surface area contributed by atoms with Crippen molar-refractivity contribution in [2.24, 2.45) is 0 Å². The van der Waals surface area contributed by atoms with Crippen molar-refractivity contribution in [2.75, 3.05) is 6.61 Å². The smallest absolute Gasteiger partial charge is 0.389 e. The largest absolute Gasteiger partial charge is 0.472 e. The molecule has 0 atom stereocenters. The zero-order valence-corrected chi connectivity index (χ0v) is 17.5. The SMILES string of the molecule is O=C(CCC(F)(F)F)NCc1cnn2cc(CNC(=O)c3cccc(OCC(F)F)n3)nc2c1. The number of pyridine rings is 1. The Kier molecular flexibility index (Phi) is 7.91. The first-order chi connectivity index (χ1) is 16.1. The van der Waals surface area contributed by atoms with Crippen molar-refractivity contribution >= 4 is 17.5 Å². The van der Waals surface area contributed by atoms with E-state index in [2.05, 4.69) is 25.7 Å². The monoisotopic (exact) mass is 486 g/mol. The van der Waals surface area contributed by atoms with Crippen molar-refractivity contribution in [2.45, 2.75) is 38.5 Å². The number of carbonyl (C=O) groups is 2. The molecule has 0 aliphatic carbocycles. The Hall–Kier alpha value is -3.84. The second-order valence-corrected chi connectivity index (χ2v) is 7.04. The molecule has 182 valence electrons. The summed E-state index contributed by atoms with van der Waals surface area (Å²) in [6, 6.07) is 5.78. The Morgan fingerprint density at radius 3 is 2.65 bits per heavy atom. The van der Waals surface area contributed by atoms with Crippen LogP contribution in [0.2, 0.25) is 0 Å². The average molecular weight is 486 g/mol. The molecule has 9 nitrogen and oxygen atoms in total. The number of ether oxygens (including phenoxy) is 1. The molecule has 2 amide bonds. The molecule has 0 aliphatic rings. The van der Waals surface area contributed by atoms with Crippen LogP contribution in [-0.2, 0) is 17.9 Å². The summed E-state index contributed by atoms with van der Waals surface area (Å²) in [5.41, 5.74) is 1.33. The fourth-order valence-electron chi connectivity index (χ4n) is 2.72. The lowest BCUT2D eigenvalue weighted by Crippen LogP contribution is -2.24. The summed E-state index contributed by atoms with van der Waals surface area (Å²) in [4.78, 5) is 32.0. The summed E-state index contributed by atoms with van der Waals surface area (Å²) in [7, 11) is 0. The lowest BCUT2D eigenvalue weighted by atomic mass is 10.2. The average Bonchev–Trinajstić information content (AvgIpc) is 3.20. The minimum Gasteiger partial charge on any atom is -0.472 e. The number of alkyl halides is 5. The first-order valence-corrected chi connectivity index (χ1v) is 9.92. The van der Waals surface area contributed by atoms with Gasteiger partial charge in [0, 0.05) is 19.0 Å². The van der Waals surface area contributed by atoms with E-state index >= 15 is 0 Å². The van der Waals surface area contributed by atoms with Crippen molar-refractivity contribution in [3.63, 3.8) is 0 Å². The van der Waals surface area contributed by atoms with Crippen molar-refractivity contribution < 1.29 is 36.3 Å². The predicted molar refractivity (Wildman–Crippen MR) is 107 cm³/mol. The van der Waals surface area contributed by atoms with E-state index in [0.717, 1.165) is 0 Å². The van der Waals surface area contributed by atoms with Crippen LogP contribution < -0.4 is 15.4 Å². The molecule has 34 heavy (non-hydrogen) atoms. The lowest BCUT2D eigenvalue weighted by Gasteiger charge is -2.07. The van der Waals surface area contributed by atoms with E-state index in [9.17, 15) is 31.5 Å². The van der Waals surface area contributed by atoms with Gasteiger partial charge in [0.05, 0.1) is 31.1 Å². The van der Waals surface area contributed by atoms with Gasteiger partial charge in [-0.3, -0.25) is 9.59 Å². The molecule has 0 bridgehead atoms. The topological polar surface area (TPSA) is 111 Å². The summed E-state index contributed by atoms with van der Waals surface area (Å²) in [5, 5.41) is 9.10. The number of rotatable bonds is 10. The van der Waals surface area contributed by atoms with Gasteiger partial charge >= 0.3 is 6.18 Å². The van der Waals surface area contributed by atoms with Gasteiger partial charge in [0.15, 0.2) is 12.3 Å². The molecule has 0 aromatic carbocycles. The van der Waals surface area contributed by atoms with Gasteiger partial charge in [-0.15, -0.1) is 0 Å². The van der Waals surface area contributed by atoms with Crippen LogP contribution >= 0.6 is 0 Å². The highest BCUT2D eigenvalue weighted by molar-refractivity contribution is 5.92. The molecule has 0 fully saturated rings. The molecular weight excluding hydrogens is 467 g/mol. The Morgan fingerprint density at radius 2 is 1.91 bits per heavy atom. The number of hydrogen-bond donors (Lipinski definition) is 2. The van der Waals surface area contributed by atoms with Gasteiger partial charge in [-0.2, -0.15) is 18.3 Å². The van der Waals surface area contributed by atoms with Gasteiger partial charge in [-0.25, -0.2) is 23.3 Å². The first-order valence-electron chi connectivity index (χ1n) is 9.92. The van der Waals surface area contributed by atoms with Crippen molar-refractivity contribution in [3.8, 4) is 5.88 Å². The van der Waals surface area contributed by atoms with Gasteiger partial charge in [-0.1, -0.05) is 6.07 Å². The van der Waals surface area contributed by atoms with Crippen LogP contribution in [0.1, 0.15) is 34.6 Å². The second-order valence-electron chi connectivity index (χ2n) is 7.04. The molecule has 3 aromatic heterocycles. The zero-order chi connectivity index (χ0) is 24.7. The van der Waals surface area contributed by atoms with Crippen LogP contribution in [0.3, 0.4) is 0 Å². The molecule has 3 heterocycles. The van der Waals surface area contributed by atoms with Crippen molar-refractivity contribution in [1.82, 2.24) is 30.2 Å². The number of nitrogens with one attached hydrogen (secondary N) is 2. The van der Waals surface area contributed by atoms with Crippen molar-refractivity contribution in [3.05, 3.63) is 53.6 Å². The minimum atomic E-state index is -4.40. The van der Waals surface area contributed by atoms with Crippen LogP contribution in [-0.4, -0.2) is 50.6 Å². The van der Waals surface area contributed by atoms with Gasteiger partial charge in [0.2, 0.25) is 11.8 Å². The van der Waals surface area contributed by atoms with E-state index in [1.165, 1.54) is 28.9 Å². The summed E-state index contributed by atoms with van der Waals surface area (Å²) in [5.74, 6) is -1.42. The highest BCUT2D eigenvalue weighted by atomic mass is 19.4. The normalized spacial score (nSPS) is 11.6. The van der Waals surface area contributed by atoms with Crippen LogP contribution in [0.4, 0.5) is 22.0 Å². The molecule has 0 saturated heterocycles. The fraction of sp³-hybridized carbons (Fsp3) is 0.350. The Bertz CT molecular complexity index is 1150. The maximum absolute atomic E-state index is 12.3. The summed E-state index contributed by atoms with van der Waals surface area (Å²) in [6.07, 6.45) is -5.96. The fourth-order valence-corrected chi connectivity index (χ4v) is 2.72. The second kappa shape index (κ2) is 10.9. The summed E-state index contributed by atoms with van der Waals surface area (Å²) >= 11 is 0. The maximum atomic E-state index is 12.3. The van der Waals surface area contributed by atoms with E-state index < -0.39 is 43.9 Å². The van der Waals surface area contributed by atoms with Gasteiger partial charge < -0.3 is 15.4 Å². The highest BCUT2D eigenvalue weighted by Gasteiger charge is 2.27. The third kappa shape index (κ3) is 7.64. The molecule has 0 unspecified atom stereocenters. The molecule has 14 heteroatoms.